The normalized spacial score (nSPS) is 13.3. The summed E-state index contributed by atoms with van der Waals surface area (Å²) in [6.07, 6.45) is 2.59. The highest BCUT2D eigenvalue weighted by atomic mass is 32.2. The number of carbonyl (C=O) groups is 1. The first kappa shape index (κ1) is 23.8. The highest BCUT2D eigenvalue weighted by Crippen LogP contribution is 2.19. The van der Waals surface area contributed by atoms with Gasteiger partial charge in [-0.15, -0.1) is 0 Å². The van der Waals surface area contributed by atoms with E-state index in [1.165, 1.54) is 23.9 Å². The molecule has 0 atom stereocenters. The van der Waals surface area contributed by atoms with Crippen molar-refractivity contribution in [2.24, 2.45) is 4.99 Å². The summed E-state index contributed by atoms with van der Waals surface area (Å²) in [7, 11) is 3.98. The van der Waals surface area contributed by atoms with Gasteiger partial charge in [-0.25, -0.2) is 9.37 Å². The number of aliphatic imine (C=N–C) groups is 1. The molecule has 0 saturated carbocycles. The van der Waals surface area contributed by atoms with Gasteiger partial charge in [0.05, 0.1) is 28.9 Å². The van der Waals surface area contributed by atoms with E-state index in [1.807, 2.05) is 32.3 Å². The summed E-state index contributed by atoms with van der Waals surface area (Å²) in [5.41, 5.74) is 2.70. The van der Waals surface area contributed by atoms with Gasteiger partial charge >= 0.3 is 0 Å². The van der Waals surface area contributed by atoms with Crippen LogP contribution in [0.25, 0.3) is 10.9 Å². The SMILES string of the molecule is CN(C)CCCn1c(SCC(=O)NC2=CC(c3ccc(F)cc3)=NC2)nc2ccccc2c1=O. The molecule has 9 heteroatoms. The predicted octanol–water partition coefficient (Wildman–Crippen LogP) is 3.08. The third kappa shape index (κ3) is 5.78. The van der Waals surface area contributed by atoms with Crippen molar-refractivity contribution in [1.29, 1.82) is 0 Å². The molecule has 4 rings (SSSR count). The Bertz CT molecular complexity index is 1320. The second-order valence-electron chi connectivity index (χ2n) is 8.24. The molecule has 0 fully saturated rings. The molecule has 1 aliphatic heterocycles. The quantitative estimate of drug-likeness (QED) is 0.377. The Morgan fingerprint density at radius 2 is 1.94 bits per heavy atom. The maximum absolute atomic E-state index is 13.1. The average molecular weight is 480 g/mol. The average Bonchev–Trinajstić information content (AvgIpc) is 3.28. The van der Waals surface area contributed by atoms with Crippen molar-refractivity contribution < 1.29 is 9.18 Å². The van der Waals surface area contributed by atoms with Crippen LogP contribution in [0, 0.1) is 5.82 Å². The predicted molar refractivity (Wildman–Crippen MR) is 134 cm³/mol. The maximum Gasteiger partial charge on any atom is 0.262 e. The Balaban J connectivity index is 1.44. The van der Waals surface area contributed by atoms with Gasteiger partial charge in [-0.05, 0) is 75.1 Å². The van der Waals surface area contributed by atoms with E-state index in [1.54, 1.807) is 28.8 Å². The van der Waals surface area contributed by atoms with Crippen molar-refractivity contribution in [2.75, 3.05) is 32.9 Å². The molecule has 1 aromatic heterocycles. The number of fused-ring (bicyclic) bond motifs is 1. The molecule has 2 heterocycles. The molecule has 1 amide bonds. The van der Waals surface area contributed by atoms with Gasteiger partial charge in [-0.2, -0.15) is 0 Å². The fraction of sp³-hybridized carbons (Fsp3) is 0.280. The number of thioether (sulfide) groups is 1. The second-order valence-corrected chi connectivity index (χ2v) is 9.18. The van der Waals surface area contributed by atoms with Crippen molar-refractivity contribution in [3.05, 3.63) is 82.0 Å². The van der Waals surface area contributed by atoms with E-state index in [4.69, 9.17) is 0 Å². The van der Waals surface area contributed by atoms with Gasteiger partial charge in [0.1, 0.15) is 5.82 Å². The largest absolute Gasteiger partial charge is 0.327 e. The van der Waals surface area contributed by atoms with Crippen LogP contribution in [0.1, 0.15) is 12.0 Å². The molecule has 176 valence electrons. The van der Waals surface area contributed by atoms with E-state index in [2.05, 4.69) is 20.2 Å². The minimum absolute atomic E-state index is 0.0943. The third-order valence-electron chi connectivity index (χ3n) is 5.32. The molecule has 1 aliphatic rings. The van der Waals surface area contributed by atoms with E-state index in [0.717, 1.165) is 18.5 Å². The number of benzene rings is 2. The van der Waals surface area contributed by atoms with Gasteiger partial charge in [0, 0.05) is 12.2 Å². The third-order valence-corrected chi connectivity index (χ3v) is 6.29. The van der Waals surface area contributed by atoms with Crippen molar-refractivity contribution in [3.63, 3.8) is 0 Å². The smallest absolute Gasteiger partial charge is 0.262 e. The molecule has 2 aromatic carbocycles. The van der Waals surface area contributed by atoms with Gasteiger partial charge in [-0.1, -0.05) is 23.9 Å². The number of amides is 1. The standard InChI is InChI=1S/C25H26FN5O2S/c1-30(2)12-5-13-31-24(33)20-6-3-4-7-21(20)29-25(31)34-16-23(32)28-19-14-22(27-15-19)17-8-10-18(26)11-9-17/h3-4,6-11,14H,5,12-13,15-16H2,1-2H3,(H,28,32). The lowest BCUT2D eigenvalue weighted by atomic mass is 10.1. The Morgan fingerprint density at radius 1 is 1.18 bits per heavy atom. The molecule has 0 bridgehead atoms. The Labute approximate surface area is 201 Å². The molecule has 0 radical (unpaired) electrons. The number of rotatable bonds is 9. The number of halogens is 1. The van der Waals surface area contributed by atoms with Gasteiger partial charge in [0.15, 0.2) is 5.16 Å². The minimum Gasteiger partial charge on any atom is -0.327 e. The fourth-order valence-corrected chi connectivity index (χ4v) is 4.47. The summed E-state index contributed by atoms with van der Waals surface area (Å²) in [5, 5.41) is 3.98. The summed E-state index contributed by atoms with van der Waals surface area (Å²) in [4.78, 5) is 36.9. The molecule has 0 saturated heterocycles. The van der Waals surface area contributed by atoms with Crippen LogP contribution in [0.5, 0.6) is 0 Å². The summed E-state index contributed by atoms with van der Waals surface area (Å²) in [6.45, 7) is 1.72. The van der Waals surface area contributed by atoms with Crippen LogP contribution in [0.4, 0.5) is 4.39 Å². The van der Waals surface area contributed by atoms with E-state index in [9.17, 15) is 14.0 Å². The molecule has 0 spiro atoms. The Hall–Kier alpha value is -3.30. The molecule has 3 aromatic rings. The van der Waals surface area contributed by atoms with Crippen LogP contribution in [-0.2, 0) is 11.3 Å². The van der Waals surface area contributed by atoms with Crippen molar-refractivity contribution in [1.82, 2.24) is 19.8 Å². The van der Waals surface area contributed by atoms with Gasteiger partial charge < -0.3 is 10.2 Å². The van der Waals surface area contributed by atoms with E-state index in [-0.39, 0.29) is 23.0 Å². The Morgan fingerprint density at radius 3 is 2.71 bits per heavy atom. The first-order chi connectivity index (χ1) is 16.4. The lowest BCUT2D eigenvalue weighted by molar-refractivity contribution is -0.117. The number of para-hydroxylation sites is 1. The van der Waals surface area contributed by atoms with E-state index >= 15 is 0 Å². The van der Waals surface area contributed by atoms with Crippen LogP contribution in [-0.4, -0.2) is 59.0 Å². The number of allylic oxidation sites excluding steroid dienone is 1. The van der Waals surface area contributed by atoms with Gasteiger partial charge in [-0.3, -0.25) is 19.1 Å². The van der Waals surface area contributed by atoms with Crippen LogP contribution in [0.3, 0.4) is 0 Å². The maximum atomic E-state index is 13.1. The molecule has 7 nitrogen and oxygen atoms in total. The molecule has 1 N–H and O–H groups in total. The first-order valence-electron chi connectivity index (χ1n) is 11.0. The van der Waals surface area contributed by atoms with Crippen molar-refractivity contribution in [2.45, 2.75) is 18.1 Å². The lowest BCUT2D eigenvalue weighted by Gasteiger charge is -2.15. The molecule has 0 unspecified atom stereocenters. The number of hydrogen-bond acceptors (Lipinski definition) is 6. The summed E-state index contributed by atoms with van der Waals surface area (Å²) < 4.78 is 14.8. The fourth-order valence-electron chi connectivity index (χ4n) is 3.64. The number of aromatic nitrogens is 2. The number of hydrogen-bond donors (Lipinski definition) is 1. The van der Waals surface area contributed by atoms with E-state index in [0.29, 0.717) is 40.6 Å². The zero-order valence-electron chi connectivity index (χ0n) is 19.1. The van der Waals surface area contributed by atoms with Crippen LogP contribution < -0.4 is 10.9 Å². The lowest BCUT2D eigenvalue weighted by Crippen LogP contribution is -2.28. The van der Waals surface area contributed by atoms with Crippen LogP contribution in [0.15, 0.2) is 75.2 Å². The summed E-state index contributed by atoms with van der Waals surface area (Å²) >= 11 is 1.25. The monoisotopic (exact) mass is 479 g/mol. The highest BCUT2D eigenvalue weighted by Gasteiger charge is 2.16. The summed E-state index contributed by atoms with van der Waals surface area (Å²) in [5.74, 6) is -0.393. The van der Waals surface area contributed by atoms with Crippen molar-refractivity contribution in [3.8, 4) is 0 Å². The molecular formula is C25H26FN5O2S. The van der Waals surface area contributed by atoms with Gasteiger partial charge in [0.2, 0.25) is 5.91 Å². The molecular weight excluding hydrogens is 453 g/mol. The first-order valence-corrected chi connectivity index (χ1v) is 12.0. The summed E-state index contributed by atoms with van der Waals surface area (Å²) in [6, 6.07) is 13.3. The highest BCUT2D eigenvalue weighted by molar-refractivity contribution is 7.99. The topological polar surface area (TPSA) is 79.6 Å². The van der Waals surface area contributed by atoms with Crippen LogP contribution >= 0.6 is 11.8 Å². The van der Waals surface area contributed by atoms with Crippen molar-refractivity contribution >= 4 is 34.3 Å². The number of nitrogens with one attached hydrogen (secondary N) is 1. The van der Waals surface area contributed by atoms with Crippen LogP contribution in [0.2, 0.25) is 0 Å². The zero-order valence-corrected chi connectivity index (χ0v) is 19.9. The van der Waals surface area contributed by atoms with Gasteiger partial charge in [0.25, 0.3) is 5.56 Å². The second kappa shape index (κ2) is 10.8. The minimum atomic E-state index is -0.306. The number of nitrogens with zero attached hydrogens (tertiary/aromatic N) is 4. The molecule has 34 heavy (non-hydrogen) atoms. The van der Waals surface area contributed by atoms with E-state index < -0.39 is 0 Å². The number of carbonyl (C=O) groups excluding carboxylic acids is 1. The zero-order chi connectivity index (χ0) is 24.1. The molecule has 0 aliphatic carbocycles. The Kier molecular flexibility index (Phi) is 7.54.